The lowest BCUT2D eigenvalue weighted by Gasteiger charge is -2.24. The Hall–Kier alpha value is -2.60. The summed E-state index contributed by atoms with van der Waals surface area (Å²) >= 11 is 0. The number of furan rings is 1. The van der Waals surface area contributed by atoms with Crippen LogP contribution in [0.4, 0.5) is 5.69 Å². The number of amides is 1. The normalized spacial score (nSPS) is 12.7. The number of anilines is 1. The van der Waals surface area contributed by atoms with Crippen LogP contribution in [-0.4, -0.2) is 33.7 Å². The zero-order valence-corrected chi connectivity index (χ0v) is 17.0. The van der Waals surface area contributed by atoms with Crippen LogP contribution in [0.15, 0.2) is 28.7 Å². The maximum atomic E-state index is 12.8. The standard InChI is InChI=1S/C21H28N4O2/c1-7-18-17(16-10-8-9-11-19(16)27-18)12-24(5)15(4)21(26)22-20-13(2)23-25(6)14(20)3/h8-11,15H,7,12H2,1-6H3,(H,22,26). The summed E-state index contributed by atoms with van der Waals surface area (Å²) in [6.07, 6.45) is 0.826. The highest BCUT2D eigenvalue weighted by molar-refractivity contribution is 5.95. The van der Waals surface area contributed by atoms with Crippen LogP contribution in [0.1, 0.15) is 36.6 Å². The summed E-state index contributed by atoms with van der Waals surface area (Å²) in [7, 11) is 3.85. The summed E-state index contributed by atoms with van der Waals surface area (Å²) in [5.41, 5.74) is 4.63. The van der Waals surface area contributed by atoms with Crippen LogP contribution in [-0.2, 0) is 24.8 Å². The minimum absolute atomic E-state index is 0.0393. The molecule has 0 saturated carbocycles. The number of para-hydroxylation sites is 1. The van der Waals surface area contributed by atoms with E-state index in [2.05, 4.69) is 23.4 Å². The van der Waals surface area contributed by atoms with Crippen LogP contribution in [0.3, 0.4) is 0 Å². The van der Waals surface area contributed by atoms with Crippen molar-refractivity contribution in [1.82, 2.24) is 14.7 Å². The van der Waals surface area contributed by atoms with E-state index in [1.165, 1.54) is 0 Å². The fourth-order valence-corrected chi connectivity index (χ4v) is 3.38. The molecule has 27 heavy (non-hydrogen) atoms. The largest absolute Gasteiger partial charge is 0.461 e. The van der Waals surface area contributed by atoms with Crippen molar-refractivity contribution in [3.63, 3.8) is 0 Å². The summed E-state index contributed by atoms with van der Waals surface area (Å²) in [6.45, 7) is 8.52. The smallest absolute Gasteiger partial charge is 0.241 e. The van der Waals surface area contributed by atoms with Gasteiger partial charge in [-0.15, -0.1) is 0 Å². The molecule has 0 fully saturated rings. The van der Waals surface area contributed by atoms with Gasteiger partial charge in [0.15, 0.2) is 0 Å². The molecule has 3 aromatic rings. The van der Waals surface area contributed by atoms with Gasteiger partial charge in [-0.1, -0.05) is 25.1 Å². The third-order valence-corrected chi connectivity index (χ3v) is 5.31. The minimum atomic E-state index is -0.289. The first kappa shape index (κ1) is 19.2. The highest BCUT2D eigenvalue weighted by atomic mass is 16.3. The van der Waals surface area contributed by atoms with Crippen LogP contribution in [0.5, 0.6) is 0 Å². The molecule has 1 amide bonds. The molecule has 0 radical (unpaired) electrons. The van der Waals surface area contributed by atoms with Crippen LogP contribution >= 0.6 is 0 Å². The molecule has 0 aliphatic heterocycles. The molecule has 2 heterocycles. The fraction of sp³-hybridized carbons (Fsp3) is 0.429. The second-order valence-corrected chi connectivity index (χ2v) is 7.10. The fourth-order valence-electron chi connectivity index (χ4n) is 3.38. The third kappa shape index (κ3) is 3.62. The Balaban J connectivity index is 1.78. The van der Waals surface area contributed by atoms with Gasteiger partial charge in [0, 0.05) is 31.0 Å². The van der Waals surface area contributed by atoms with Gasteiger partial charge >= 0.3 is 0 Å². The van der Waals surface area contributed by atoms with Gasteiger partial charge in [0.2, 0.25) is 5.91 Å². The van der Waals surface area contributed by atoms with E-state index < -0.39 is 0 Å². The number of fused-ring (bicyclic) bond motifs is 1. The van der Waals surface area contributed by atoms with Crippen molar-refractivity contribution in [2.75, 3.05) is 12.4 Å². The average molecular weight is 368 g/mol. The molecule has 144 valence electrons. The lowest BCUT2D eigenvalue weighted by Crippen LogP contribution is -2.39. The molecule has 0 spiro atoms. The zero-order chi connectivity index (χ0) is 19.7. The predicted molar refractivity (Wildman–Crippen MR) is 108 cm³/mol. The van der Waals surface area contributed by atoms with E-state index in [-0.39, 0.29) is 11.9 Å². The van der Waals surface area contributed by atoms with Crippen LogP contribution in [0, 0.1) is 13.8 Å². The van der Waals surface area contributed by atoms with Crippen LogP contribution in [0.2, 0.25) is 0 Å². The molecule has 6 heteroatoms. The lowest BCUT2D eigenvalue weighted by atomic mass is 10.1. The third-order valence-electron chi connectivity index (χ3n) is 5.31. The number of nitrogens with zero attached hydrogens (tertiary/aromatic N) is 3. The van der Waals surface area contributed by atoms with Crippen molar-refractivity contribution in [2.45, 2.75) is 46.7 Å². The summed E-state index contributed by atoms with van der Waals surface area (Å²) in [5, 5.41) is 8.52. The number of carbonyl (C=O) groups excluding carboxylic acids is 1. The first-order chi connectivity index (χ1) is 12.8. The average Bonchev–Trinajstić information content (AvgIpc) is 3.12. The molecule has 6 nitrogen and oxygen atoms in total. The lowest BCUT2D eigenvalue weighted by molar-refractivity contribution is -0.120. The van der Waals surface area contributed by atoms with E-state index in [4.69, 9.17) is 4.42 Å². The Labute approximate surface area is 160 Å². The number of likely N-dealkylation sites (N-methyl/N-ethyl adjacent to an activating group) is 1. The quantitative estimate of drug-likeness (QED) is 0.719. The van der Waals surface area contributed by atoms with E-state index >= 15 is 0 Å². The van der Waals surface area contributed by atoms with Crippen molar-refractivity contribution >= 4 is 22.6 Å². The Morgan fingerprint density at radius 2 is 2.04 bits per heavy atom. The second-order valence-electron chi connectivity index (χ2n) is 7.10. The van der Waals surface area contributed by atoms with E-state index in [9.17, 15) is 4.79 Å². The highest BCUT2D eigenvalue weighted by Gasteiger charge is 2.23. The molecule has 2 aromatic heterocycles. The van der Waals surface area contributed by atoms with E-state index in [1.54, 1.807) is 4.68 Å². The Morgan fingerprint density at radius 3 is 2.67 bits per heavy atom. The first-order valence-corrected chi connectivity index (χ1v) is 9.34. The van der Waals surface area contributed by atoms with Gasteiger partial charge in [0.1, 0.15) is 11.3 Å². The molecule has 0 bridgehead atoms. The van der Waals surface area contributed by atoms with Crippen molar-refractivity contribution in [2.24, 2.45) is 7.05 Å². The van der Waals surface area contributed by atoms with E-state index in [0.29, 0.717) is 6.54 Å². The summed E-state index contributed by atoms with van der Waals surface area (Å²) < 4.78 is 7.76. The number of carbonyl (C=O) groups is 1. The summed E-state index contributed by atoms with van der Waals surface area (Å²) in [4.78, 5) is 14.8. The molecule has 1 atom stereocenters. The van der Waals surface area contributed by atoms with Gasteiger partial charge in [-0.2, -0.15) is 5.10 Å². The van der Waals surface area contributed by atoms with Gasteiger partial charge in [0.05, 0.1) is 23.1 Å². The molecule has 3 rings (SSSR count). The van der Waals surface area contributed by atoms with Crippen molar-refractivity contribution in [3.05, 3.63) is 47.0 Å². The monoisotopic (exact) mass is 368 g/mol. The Bertz CT molecular complexity index is 970. The van der Waals surface area contributed by atoms with Crippen molar-refractivity contribution in [1.29, 1.82) is 0 Å². The molecule has 0 saturated heterocycles. The Morgan fingerprint density at radius 1 is 1.33 bits per heavy atom. The van der Waals surface area contributed by atoms with Crippen LogP contribution in [0.25, 0.3) is 11.0 Å². The zero-order valence-electron chi connectivity index (χ0n) is 17.0. The molecule has 0 aliphatic rings. The number of aromatic nitrogens is 2. The number of aryl methyl sites for hydroxylation is 3. The number of rotatable bonds is 6. The molecule has 0 aliphatic carbocycles. The number of hydrogen-bond donors (Lipinski definition) is 1. The SMILES string of the molecule is CCc1oc2ccccc2c1CN(C)C(C)C(=O)Nc1c(C)nn(C)c1C. The Kier molecular flexibility index (Phi) is 5.37. The molecule has 1 aromatic carbocycles. The number of hydrogen-bond acceptors (Lipinski definition) is 4. The van der Waals surface area contributed by atoms with E-state index in [0.717, 1.165) is 45.8 Å². The maximum absolute atomic E-state index is 12.8. The van der Waals surface area contributed by atoms with Gasteiger partial charge in [0.25, 0.3) is 0 Å². The predicted octanol–water partition coefficient (Wildman–Crippen LogP) is 3.80. The highest BCUT2D eigenvalue weighted by Crippen LogP contribution is 2.28. The van der Waals surface area contributed by atoms with Crippen molar-refractivity contribution < 1.29 is 9.21 Å². The summed E-state index contributed by atoms with van der Waals surface area (Å²) in [5.74, 6) is 0.942. The van der Waals surface area contributed by atoms with Gasteiger partial charge < -0.3 is 9.73 Å². The molecule has 1 unspecified atom stereocenters. The van der Waals surface area contributed by atoms with Crippen molar-refractivity contribution in [3.8, 4) is 0 Å². The molecule has 1 N–H and O–H groups in total. The molecular formula is C21H28N4O2. The number of benzene rings is 1. The summed E-state index contributed by atoms with van der Waals surface area (Å²) in [6, 6.07) is 7.77. The van der Waals surface area contributed by atoms with Gasteiger partial charge in [-0.25, -0.2) is 0 Å². The number of nitrogens with one attached hydrogen (secondary N) is 1. The molecular weight excluding hydrogens is 340 g/mol. The van der Waals surface area contributed by atoms with Crippen LogP contribution < -0.4 is 5.32 Å². The minimum Gasteiger partial charge on any atom is -0.461 e. The van der Waals surface area contributed by atoms with E-state index in [1.807, 2.05) is 58.0 Å². The topological polar surface area (TPSA) is 63.3 Å². The maximum Gasteiger partial charge on any atom is 0.241 e. The van der Waals surface area contributed by atoms with Gasteiger partial charge in [-0.3, -0.25) is 14.4 Å². The first-order valence-electron chi connectivity index (χ1n) is 9.34. The second kappa shape index (κ2) is 7.56. The van der Waals surface area contributed by atoms with Gasteiger partial charge in [-0.05, 0) is 33.9 Å².